The Morgan fingerprint density at radius 1 is 1.00 bits per heavy atom. The van der Waals surface area contributed by atoms with Crippen LogP contribution in [0.4, 0.5) is 5.69 Å². The Morgan fingerprint density at radius 3 is 2.47 bits per heavy atom. The number of carbonyl (C=O) groups excluding carboxylic acids is 2. The molecule has 0 atom stereocenters. The fourth-order valence-corrected chi connectivity index (χ4v) is 4.20. The van der Waals surface area contributed by atoms with Crippen molar-refractivity contribution in [1.29, 1.82) is 0 Å². The van der Waals surface area contributed by atoms with Gasteiger partial charge in [0, 0.05) is 11.7 Å². The second-order valence-corrected chi connectivity index (χ2v) is 9.13. The van der Waals surface area contributed by atoms with E-state index in [1.54, 1.807) is 4.90 Å². The van der Waals surface area contributed by atoms with Gasteiger partial charge in [-0.25, -0.2) is 4.98 Å². The third-order valence-electron chi connectivity index (χ3n) is 5.99. The molecule has 0 bridgehead atoms. The number of para-hydroxylation sites is 3. The smallest absolute Gasteiger partial charge is 0.258 e. The van der Waals surface area contributed by atoms with E-state index in [9.17, 15) is 9.59 Å². The molecule has 0 saturated heterocycles. The molecule has 4 aromatic rings. The van der Waals surface area contributed by atoms with Gasteiger partial charge in [-0.2, -0.15) is 0 Å². The van der Waals surface area contributed by atoms with Gasteiger partial charge in [-0.15, -0.1) is 0 Å². The first kappa shape index (κ1) is 25.0. The summed E-state index contributed by atoms with van der Waals surface area (Å²) in [4.78, 5) is 32.5. The van der Waals surface area contributed by atoms with E-state index in [1.807, 2.05) is 105 Å². The van der Waals surface area contributed by atoms with E-state index in [4.69, 9.17) is 9.72 Å². The second kappa shape index (κ2) is 11.1. The molecule has 0 radical (unpaired) electrons. The fraction of sp³-hybridized carbons (Fsp3) is 0.276. The van der Waals surface area contributed by atoms with E-state index in [-0.39, 0.29) is 37.6 Å². The highest BCUT2D eigenvalue weighted by atomic mass is 16.5. The Labute approximate surface area is 211 Å². The molecule has 1 N–H and O–H groups in total. The first-order valence-electron chi connectivity index (χ1n) is 12.1. The summed E-state index contributed by atoms with van der Waals surface area (Å²) in [5, 5.41) is 2.89. The van der Waals surface area contributed by atoms with Crippen molar-refractivity contribution in [3.63, 3.8) is 0 Å². The fourth-order valence-electron chi connectivity index (χ4n) is 4.20. The highest BCUT2D eigenvalue weighted by Gasteiger charge is 2.22. The summed E-state index contributed by atoms with van der Waals surface area (Å²) in [6.07, 6.45) is 0. The first-order valence-corrected chi connectivity index (χ1v) is 12.1. The largest absolute Gasteiger partial charge is 0.483 e. The highest BCUT2D eigenvalue weighted by Crippen LogP contribution is 2.21. The number of aromatic nitrogens is 2. The molecule has 0 fully saturated rings. The van der Waals surface area contributed by atoms with E-state index in [0.29, 0.717) is 11.6 Å². The van der Waals surface area contributed by atoms with Crippen LogP contribution in [0, 0.1) is 13.8 Å². The van der Waals surface area contributed by atoms with Crippen LogP contribution in [0.3, 0.4) is 0 Å². The number of hydrogen-bond acceptors (Lipinski definition) is 4. The monoisotopic (exact) mass is 484 g/mol. The standard InChI is InChI=1S/C29H32N4O3/c1-20(2)33(23-10-6-5-7-11-23)29(35)18-32-25-13-9-8-12-24(25)31-27(32)17-30-28(34)19-36-26-16-21(3)14-15-22(26)4/h5-16,20H,17-19H2,1-4H3,(H,30,34). The van der Waals surface area contributed by atoms with Crippen molar-refractivity contribution in [2.24, 2.45) is 0 Å². The molecule has 1 heterocycles. The topological polar surface area (TPSA) is 76.5 Å². The summed E-state index contributed by atoms with van der Waals surface area (Å²) < 4.78 is 7.61. The molecule has 7 heteroatoms. The lowest BCUT2D eigenvalue weighted by Gasteiger charge is -2.27. The Kier molecular flexibility index (Phi) is 7.68. The Hall–Kier alpha value is -4.13. The molecule has 0 unspecified atom stereocenters. The summed E-state index contributed by atoms with van der Waals surface area (Å²) in [5.74, 6) is 0.998. The van der Waals surface area contributed by atoms with Crippen molar-refractivity contribution in [3.05, 3.63) is 89.7 Å². The minimum Gasteiger partial charge on any atom is -0.483 e. The minimum atomic E-state index is -0.256. The Morgan fingerprint density at radius 2 is 1.72 bits per heavy atom. The molecule has 0 aliphatic rings. The van der Waals surface area contributed by atoms with E-state index >= 15 is 0 Å². The molecule has 0 aliphatic carbocycles. The van der Waals surface area contributed by atoms with Crippen molar-refractivity contribution >= 4 is 28.5 Å². The maximum Gasteiger partial charge on any atom is 0.258 e. The molecule has 7 nitrogen and oxygen atoms in total. The number of hydrogen-bond donors (Lipinski definition) is 1. The molecule has 0 spiro atoms. The lowest BCUT2D eigenvalue weighted by Crippen LogP contribution is -2.39. The predicted molar refractivity (Wildman–Crippen MR) is 142 cm³/mol. The van der Waals surface area contributed by atoms with E-state index in [1.165, 1.54) is 0 Å². The van der Waals surface area contributed by atoms with Crippen LogP contribution in [0.1, 0.15) is 30.8 Å². The normalized spacial score (nSPS) is 11.0. The van der Waals surface area contributed by atoms with Crippen LogP contribution in [-0.4, -0.2) is 34.0 Å². The van der Waals surface area contributed by atoms with Gasteiger partial charge >= 0.3 is 0 Å². The van der Waals surface area contributed by atoms with Crippen LogP contribution >= 0.6 is 0 Å². The minimum absolute atomic E-state index is 0.0138. The summed E-state index contributed by atoms with van der Waals surface area (Å²) in [7, 11) is 0. The van der Waals surface area contributed by atoms with Gasteiger partial charge in [-0.1, -0.05) is 42.5 Å². The summed E-state index contributed by atoms with van der Waals surface area (Å²) in [6.45, 7) is 8.11. The number of anilines is 1. The quantitative estimate of drug-likeness (QED) is 0.371. The van der Waals surface area contributed by atoms with Gasteiger partial charge in [0.15, 0.2) is 6.61 Å². The van der Waals surface area contributed by atoms with Crippen LogP contribution in [0.15, 0.2) is 72.8 Å². The second-order valence-electron chi connectivity index (χ2n) is 9.13. The number of aryl methyl sites for hydroxylation is 2. The number of imidazole rings is 1. The van der Waals surface area contributed by atoms with Crippen molar-refractivity contribution in [2.75, 3.05) is 11.5 Å². The van der Waals surface area contributed by atoms with Crippen molar-refractivity contribution in [1.82, 2.24) is 14.9 Å². The average Bonchev–Trinajstić information content (AvgIpc) is 3.21. The van der Waals surface area contributed by atoms with Crippen LogP contribution < -0.4 is 15.0 Å². The predicted octanol–water partition coefficient (Wildman–Crippen LogP) is 4.79. The van der Waals surface area contributed by atoms with E-state index in [0.717, 1.165) is 27.8 Å². The summed E-state index contributed by atoms with van der Waals surface area (Å²) in [5.41, 5.74) is 4.51. The SMILES string of the molecule is Cc1ccc(C)c(OCC(=O)NCc2nc3ccccc3n2CC(=O)N(c2ccccc2)C(C)C)c1. The molecule has 1 aromatic heterocycles. The zero-order valence-electron chi connectivity index (χ0n) is 21.2. The Bertz CT molecular complexity index is 1360. The maximum atomic E-state index is 13.5. The van der Waals surface area contributed by atoms with E-state index in [2.05, 4.69) is 5.32 Å². The number of nitrogens with zero attached hydrogens (tertiary/aromatic N) is 3. The van der Waals surface area contributed by atoms with Gasteiger partial charge in [0.2, 0.25) is 5.91 Å². The number of benzene rings is 3. The lowest BCUT2D eigenvalue weighted by molar-refractivity contribution is -0.123. The van der Waals surface area contributed by atoms with E-state index < -0.39 is 0 Å². The number of ether oxygens (including phenoxy) is 1. The third kappa shape index (κ3) is 5.74. The third-order valence-corrected chi connectivity index (χ3v) is 5.99. The number of carbonyl (C=O) groups is 2. The maximum absolute atomic E-state index is 13.5. The van der Waals surface area contributed by atoms with Crippen LogP contribution in [0.2, 0.25) is 0 Å². The highest BCUT2D eigenvalue weighted by molar-refractivity contribution is 5.94. The first-order chi connectivity index (χ1) is 17.3. The molecule has 186 valence electrons. The molecule has 36 heavy (non-hydrogen) atoms. The van der Waals surface area contributed by atoms with Crippen molar-refractivity contribution in [3.8, 4) is 5.75 Å². The molecule has 4 rings (SSSR count). The molecular weight excluding hydrogens is 452 g/mol. The van der Waals surface area contributed by atoms with Gasteiger partial charge in [0.1, 0.15) is 18.1 Å². The summed E-state index contributed by atoms with van der Waals surface area (Å²) in [6, 6.07) is 23.2. The molecule has 0 saturated carbocycles. The molecule has 0 aliphatic heterocycles. The van der Waals surface area contributed by atoms with Crippen LogP contribution in [0.25, 0.3) is 11.0 Å². The molecule has 2 amide bonds. The van der Waals surface area contributed by atoms with Gasteiger partial charge in [0.05, 0.1) is 17.6 Å². The van der Waals surface area contributed by atoms with Crippen LogP contribution in [0.5, 0.6) is 5.75 Å². The average molecular weight is 485 g/mol. The number of amides is 2. The molecule has 3 aromatic carbocycles. The van der Waals surface area contributed by atoms with Crippen LogP contribution in [-0.2, 0) is 22.7 Å². The van der Waals surface area contributed by atoms with Gasteiger partial charge in [-0.05, 0) is 69.2 Å². The number of nitrogens with one attached hydrogen (secondary N) is 1. The lowest BCUT2D eigenvalue weighted by atomic mass is 10.1. The number of fused-ring (bicyclic) bond motifs is 1. The zero-order chi connectivity index (χ0) is 25.7. The zero-order valence-corrected chi connectivity index (χ0v) is 21.2. The molecular formula is C29H32N4O3. The Balaban J connectivity index is 1.50. The van der Waals surface area contributed by atoms with Crippen molar-refractivity contribution < 1.29 is 14.3 Å². The summed E-state index contributed by atoms with van der Waals surface area (Å²) >= 11 is 0. The number of rotatable bonds is 9. The van der Waals surface area contributed by atoms with Gasteiger partial charge in [0.25, 0.3) is 5.91 Å². The van der Waals surface area contributed by atoms with Crippen molar-refractivity contribution in [2.45, 2.75) is 46.8 Å². The van der Waals surface area contributed by atoms with Gasteiger partial charge < -0.3 is 19.5 Å². The van der Waals surface area contributed by atoms with Gasteiger partial charge in [-0.3, -0.25) is 9.59 Å².